The number of hydrogen-bond donors (Lipinski definition) is 0. The van der Waals surface area contributed by atoms with Crippen LogP contribution < -0.4 is 0 Å². The Kier molecular flexibility index (Phi) is 3.47. The molecule has 0 atom stereocenters. The number of hydrogen-bond acceptors (Lipinski definition) is 1. The van der Waals surface area contributed by atoms with E-state index in [9.17, 15) is 0 Å². The van der Waals surface area contributed by atoms with E-state index < -0.39 is 11.1 Å². The van der Waals surface area contributed by atoms with Crippen molar-refractivity contribution in [3.63, 3.8) is 0 Å². The van der Waals surface area contributed by atoms with Crippen molar-refractivity contribution < 1.29 is 0 Å². The van der Waals surface area contributed by atoms with Gasteiger partial charge in [-0.2, -0.15) is 0 Å². The minimum atomic E-state index is -1.81. The summed E-state index contributed by atoms with van der Waals surface area (Å²) in [6.07, 6.45) is 0. The third-order valence-electron chi connectivity index (χ3n) is 0. The summed E-state index contributed by atoms with van der Waals surface area (Å²) in [5, 5.41) is 0. The van der Waals surface area contributed by atoms with Crippen LogP contribution in [0.2, 0.25) is 0 Å². The Balaban J connectivity index is 2.80. The van der Waals surface area contributed by atoms with Crippen LogP contribution in [0.4, 0.5) is 0 Å². The van der Waals surface area contributed by atoms with Gasteiger partial charge in [-0.15, -0.1) is 0 Å². The van der Waals surface area contributed by atoms with Crippen LogP contribution in [0.5, 0.6) is 0 Å². The molecule has 0 rings (SSSR count). The van der Waals surface area contributed by atoms with Crippen molar-refractivity contribution in [2.45, 2.75) is 0 Å². The average molecular weight is 179 g/mol. The maximum absolute atomic E-state index is 5.02. The van der Waals surface area contributed by atoms with E-state index in [1.165, 1.54) is 0 Å². The Labute approximate surface area is 41.4 Å². The minimum absolute atomic E-state index is 1.81. The molecule has 0 saturated carbocycles. The quantitative estimate of drug-likeness (QED) is 0.506. The van der Waals surface area contributed by atoms with Gasteiger partial charge in [0.2, 0.25) is 0 Å². The standard InChI is InChI=1S/AsCl2HS/c2-1(3)4/h1H. The van der Waals surface area contributed by atoms with E-state index in [-0.39, 0.29) is 0 Å². The van der Waals surface area contributed by atoms with Gasteiger partial charge in [0.1, 0.15) is 0 Å². The van der Waals surface area contributed by atoms with Gasteiger partial charge in [-0.05, 0) is 0 Å². The van der Waals surface area contributed by atoms with Gasteiger partial charge in [0.05, 0.1) is 0 Å². The van der Waals surface area contributed by atoms with Gasteiger partial charge < -0.3 is 0 Å². The van der Waals surface area contributed by atoms with Crippen LogP contribution in [0.1, 0.15) is 0 Å². The fourth-order valence-electron chi connectivity index (χ4n) is 0. The molecule has 0 saturated heterocycles. The number of halogens is 2. The summed E-state index contributed by atoms with van der Waals surface area (Å²) in [4.78, 5) is 0. The Morgan fingerprint density at radius 3 is 1.50 bits per heavy atom. The zero-order chi connectivity index (χ0) is 3.58. The second kappa shape index (κ2) is 2.59. The molecular formula is HAsCl2S. The molecule has 0 fully saturated rings. The topological polar surface area (TPSA) is 0 Å². The van der Waals surface area contributed by atoms with Crippen LogP contribution in [0, 0.1) is 0 Å². The van der Waals surface area contributed by atoms with Crippen LogP contribution in [0.25, 0.3) is 0 Å². The van der Waals surface area contributed by atoms with Crippen LogP contribution in [0.3, 0.4) is 0 Å². The van der Waals surface area contributed by atoms with E-state index >= 15 is 0 Å². The Morgan fingerprint density at radius 1 is 1.50 bits per heavy atom. The molecule has 0 aromatic heterocycles. The number of rotatable bonds is 0. The van der Waals surface area contributed by atoms with Crippen LogP contribution in [0.15, 0.2) is 0 Å². The van der Waals surface area contributed by atoms with E-state index in [1.54, 1.807) is 0 Å². The van der Waals surface area contributed by atoms with E-state index in [0.717, 1.165) is 0 Å². The molecule has 0 unspecified atom stereocenters. The normalized spacial score (nSPS) is 8.75. The fraction of sp³-hybridized carbons (Fsp3) is 0. The SMILES string of the molecule is S=[AsH](Cl)Cl. The van der Waals surface area contributed by atoms with Crippen molar-refractivity contribution in [2.75, 3.05) is 0 Å². The van der Waals surface area contributed by atoms with Gasteiger partial charge in [0.25, 0.3) is 0 Å². The first-order valence-electron chi connectivity index (χ1n) is 0.582. The molecule has 4 heteroatoms. The molecule has 0 aliphatic heterocycles. The Hall–Kier alpha value is 1.36. The molecule has 0 nitrogen and oxygen atoms in total. The van der Waals surface area contributed by atoms with Crippen molar-refractivity contribution in [1.82, 2.24) is 0 Å². The van der Waals surface area contributed by atoms with Gasteiger partial charge >= 0.3 is 41.4 Å². The molecule has 0 aliphatic rings. The summed E-state index contributed by atoms with van der Waals surface area (Å²) in [5.74, 6) is 0. The molecule has 0 spiro atoms. The fourth-order valence-corrected chi connectivity index (χ4v) is 0. The van der Waals surface area contributed by atoms with E-state index in [2.05, 4.69) is 10.4 Å². The second-order valence-electron chi connectivity index (χ2n) is 0.226. The summed E-state index contributed by atoms with van der Waals surface area (Å²) in [6, 6.07) is 0. The molecule has 4 heavy (non-hydrogen) atoms. The molecule has 0 amide bonds. The van der Waals surface area contributed by atoms with Crippen molar-refractivity contribution in [3.05, 3.63) is 0 Å². The van der Waals surface area contributed by atoms with Gasteiger partial charge in [-0.25, -0.2) is 0 Å². The summed E-state index contributed by atoms with van der Waals surface area (Å²) in [5.41, 5.74) is 0. The second-order valence-corrected chi connectivity index (χ2v) is 10.6. The predicted octanol–water partition coefficient (Wildman–Crippen LogP) is 1.38. The Bertz CT molecular complexity index is 29.0. The van der Waals surface area contributed by atoms with Gasteiger partial charge in [0.15, 0.2) is 0 Å². The third kappa shape index (κ3) is 10.1. The van der Waals surface area contributed by atoms with Gasteiger partial charge in [-0.3, -0.25) is 0 Å². The van der Waals surface area contributed by atoms with Crippen LogP contribution in [-0.2, 0) is 0 Å². The molecule has 0 aliphatic carbocycles. The maximum atomic E-state index is 5.02. The molecule has 26 valence electrons. The Morgan fingerprint density at radius 2 is 1.50 bits per heavy atom. The van der Waals surface area contributed by atoms with E-state index in [1.807, 2.05) is 0 Å². The monoisotopic (exact) mass is 178 g/mol. The molecule has 0 radical (unpaired) electrons. The first-order chi connectivity index (χ1) is 1.73. The zero-order valence-corrected chi connectivity index (χ0v) is 6.09. The summed E-state index contributed by atoms with van der Waals surface area (Å²) in [7, 11) is 14.4. The molecule has 0 N–H and O–H groups in total. The average Bonchev–Trinajstić information content (AvgIpc) is 0.811. The van der Waals surface area contributed by atoms with Gasteiger partial charge in [0, 0.05) is 0 Å². The third-order valence-corrected chi connectivity index (χ3v) is 0. The predicted molar refractivity (Wildman–Crippen MR) is 26.4 cm³/mol. The van der Waals surface area contributed by atoms with E-state index in [4.69, 9.17) is 19.9 Å². The zero-order valence-electron chi connectivity index (χ0n) is 1.66. The van der Waals surface area contributed by atoms with Crippen molar-refractivity contribution >= 4 is 41.4 Å². The molecule has 0 bridgehead atoms. The first kappa shape index (κ1) is 5.36. The molecule has 0 aromatic carbocycles. The van der Waals surface area contributed by atoms with Crippen molar-refractivity contribution in [3.8, 4) is 0 Å². The molecule has 0 aromatic rings. The summed E-state index contributed by atoms with van der Waals surface area (Å²) >= 11 is -1.81. The van der Waals surface area contributed by atoms with Crippen LogP contribution >= 0.6 is 30.3 Å². The molecule has 0 heterocycles. The summed E-state index contributed by atoms with van der Waals surface area (Å²) in [6.45, 7) is 0. The van der Waals surface area contributed by atoms with Crippen molar-refractivity contribution in [2.24, 2.45) is 0 Å². The van der Waals surface area contributed by atoms with E-state index in [0.29, 0.717) is 0 Å². The first-order valence-corrected chi connectivity index (χ1v) is 9.07. The van der Waals surface area contributed by atoms with Gasteiger partial charge in [-0.1, -0.05) is 0 Å². The van der Waals surface area contributed by atoms with Crippen molar-refractivity contribution in [1.29, 1.82) is 0 Å². The van der Waals surface area contributed by atoms with Crippen LogP contribution in [-0.4, -0.2) is 11.1 Å². The summed E-state index contributed by atoms with van der Waals surface area (Å²) < 4.78 is 0. The molecular weight excluding hydrogens is 178 g/mol.